The van der Waals surface area contributed by atoms with Gasteiger partial charge in [0.2, 0.25) is 0 Å². The number of anilines is 2. The summed E-state index contributed by atoms with van der Waals surface area (Å²) in [5.74, 6) is 0. The maximum absolute atomic E-state index is 5.84. The van der Waals surface area contributed by atoms with Crippen molar-refractivity contribution in [3.8, 4) is 0 Å². The van der Waals surface area contributed by atoms with Crippen LogP contribution < -0.4 is 10.6 Å². The molecule has 0 atom stereocenters. The normalized spacial score (nSPS) is 22.9. The number of nitrogen functional groups attached to an aromatic ring is 1. The summed E-state index contributed by atoms with van der Waals surface area (Å²) in [5, 5.41) is 0. The summed E-state index contributed by atoms with van der Waals surface area (Å²) >= 11 is 0. The number of rotatable bonds is 1. The molecule has 2 fully saturated rings. The average Bonchev–Trinajstić information content (AvgIpc) is 2.82. The van der Waals surface area contributed by atoms with Crippen LogP contribution in [-0.4, -0.2) is 18.1 Å². The van der Waals surface area contributed by atoms with Gasteiger partial charge in [-0.05, 0) is 18.9 Å². The van der Waals surface area contributed by atoms with Crippen LogP contribution in [0.5, 0.6) is 0 Å². The highest BCUT2D eigenvalue weighted by atomic mass is 15.2. The van der Waals surface area contributed by atoms with Crippen LogP contribution in [0.15, 0.2) is 18.5 Å². The molecule has 2 N–H and O–H groups in total. The molecule has 1 aliphatic carbocycles. The lowest BCUT2D eigenvalue weighted by Gasteiger charge is -2.42. The third-order valence-corrected chi connectivity index (χ3v) is 3.18. The van der Waals surface area contributed by atoms with E-state index in [0.717, 1.165) is 11.4 Å². The molecule has 1 aliphatic heterocycles. The van der Waals surface area contributed by atoms with Crippen molar-refractivity contribution in [2.24, 2.45) is 5.41 Å². The minimum atomic E-state index is 0.690. The average molecular weight is 175 g/mol. The molecule has 2 heterocycles. The topological polar surface area (TPSA) is 42.1 Å². The van der Waals surface area contributed by atoms with Gasteiger partial charge in [0.15, 0.2) is 0 Å². The van der Waals surface area contributed by atoms with E-state index in [4.69, 9.17) is 5.73 Å². The fraction of sp³-hybridized carbons (Fsp3) is 0.500. The van der Waals surface area contributed by atoms with Crippen molar-refractivity contribution < 1.29 is 0 Å². The van der Waals surface area contributed by atoms with Gasteiger partial charge in [0.25, 0.3) is 0 Å². The zero-order valence-electron chi connectivity index (χ0n) is 7.53. The van der Waals surface area contributed by atoms with Gasteiger partial charge in [0, 0.05) is 24.7 Å². The van der Waals surface area contributed by atoms with Gasteiger partial charge in [-0.25, -0.2) is 0 Å². The number of hydrogen-bond acceptors (Lipinski definition) is 3. The summed E-state index contributed by atoms with van der Waals surface area (Å²) in [4.78, 5) is 6.34. The second kappa shape index (κ2) is 2.16. The van der Waals surface area contributed by atoms with Crippen molar-refractivity contribution in [3.05, 3.63) is 18.5 Å². The van der Waals surface area contributed by atoms with Crippen LogP contribution in [0, 0.1) is 5.41 Å². The Hall–Kier alpha value is -1.25. The van der Waals surface area contributed by atoms with E-state index < -0.39 is 0 Å². The Kier molecular flexibility index (Phi) is 1.19. The van der Waals surface area contributed by atoms with Gasteiger partial charge < -0.3 is 10.6 Å². The van der Waals surface area contributed by atoms with Gasteiger partial charge >= 0.3 is 0 Å². The molecule has 0 aromatic carbocycles. The van der Waals surface area contributed by atoms with E-state index in [2.05, 4.69) is 9.88 Å². The van der Waals surface area contributed by atoms with Gasteiger partial charge in [0.05, 0.1) is 17.6 Å². The molecule has 1 aromatic heterocycles. The third-order valence-electron chi connectivity index (χ3n) is 3.18. The van der Waals surface area contributed by atoms with Crippen LogP contribution in [0.1, 0.15) is 12.8 Å². The quantitative estimate of drug-likeness (QED) is 0.698. The van der Waals surface area contributed by atoms with Gasteiger partial charge in [-0.15, -0.1) is 0 Å². The first-order valence-corrected chi connectivity index (χ1v) is 4.74. The Morgan fingerprint density at radius 2 is 2.15 bits per heavy atom. The first-order valence-electron chi connectivity index (χ1n) is 4.74. The van der Waals surface area contributed by atoms with E-state index in [-0.39, 0.29) is 0 Å². The van der Waals surface area contributed by atoms with E-state index in [0.29, 0.717) is 5.41 Å². The van der Waals surface area contributed by atoms with Gasteiger partial charge in [-0.1, -0.05) is 0 Å². The number of hydrogen-bond donors (Lipinski definition) is 1. The molecule has 1 saturated heterocycles. The standard InChI is InChI=1S/C10H13N3/c11-8-5-12-4-1-9(8)13-6-10(7-13)2-3-10/h1,4-5H,2-3,6-7,11H2. The van der Waals surface area contributed by atoms with Crippen molar-refractivity contribution >= 4 is 11.4 Å². The minimum Gasteiger partial charge on any atom is -0.396 e. The Morgan fingerprint density at radius 1 is 1.38 bits per heavy atom. The molecule has 1 saturated carbocycles. The summed E-state index contributed by atoms with van der Waals surface area (Å²) in [6, 6.07) is 2.00. The SMILES string of the molecule is Nc1cnccc1N1CC2(CC2)C1. The minimum absolute atomic E-state index is 0.690. The van der Waals surface area contributed by atoms with Crippen molar-refractivity contribution in [2.45, 2.75) is 12.8 Å². The summed E-state index contributed by atoms with van der Waals surface area (Å²) < 4.78 is 0. The van der Waals surface area contributed by atoms with Crippen LogP contribution in [0.3, 0.4) is 0 Å². The molecule has 0 bridgehead atoms. The zero-order valence-corrected chi connectivity index (χ0v) is 7.53. The van der Waals surface area contributed by atoms with E-state index >= 15 is 0 Å². The third kappa shape index (κ3) is 0.996. The predicted molar refractivity (Wildman–Crippen MR) is 52.5 cm³/mol. The van der Waals surface area contributed by atoms with Crippen LogP contribution in [0.2, 0.25) is 0 Å². The molecular weight excluding hydrogens is 162 g/mol. The van der Waals surface area contributed by atoms with E-state index in [1.165, 1.54) is 25.9 Å². The molecular formula is C10H13N3. The van der Waals surface area contributed by atoms with Crippen LogP contribution in [0.4, 0.5) is 11.4 Å². The van der Waals surface area contributed by atoms with Gasteiger partial charge in [-0.3, -0.25) is 4.98 Å². The number of pyridine rings is 1. The number of nitrogens with two attached hydrogens (primary N) is 1. The first kappa shape index (κ1) is 7.18. The van der Waals surface area contributed by atoms with Gasteiger partial charge in [-0.2, -0.15) is 0 Å². The molecule has 13 heavy (non-hydrogen) atoms. The Balaban J connectivity index is 1.82. The Bertz CT molecular complexity index is 336. The molecule has 0 amide bonds. The fourth-order valence-corrected chi connectivity index (χ4v) is 2.11. The van der Waals surface area contributed by atoms with Gasteiger partial charge in [0.1, 0.15) is 0 Å². The second-order valence-corrected chi connectivity index (χ2v) is 4.29. The van der Waals surface area contributed by atoms with Crippen LogP contribution >= 0.6 is 0 Å². The molecule has 3 heteroatoms. The largest absolute Gasteiger partial charge is 0.396 e. The smallest absolute Gasteiger partial charge is 0.0738 e. The van der Waals surface area contributed by atoms with Crippen LogP contribution in [0.25, 0.3) is 0 Å². The highest BCUT2D eigenvalue weighted by molar-refractivity contribution is 5.67. The number of aromatic nitrogens is 1. The van der Waals surface area contributed by atoms with Crippen molar-refractivity contribution in [1.82, 2.24) is 4.98 Å². The second-order valence-electron chi connectivity index (χ2n) is 4.29. The first-order chi connectivity index (χ1) is 6.29. The van der Waals surface area contributed by atoms with Crippen molar-refractivity contribution in [1.29, 1.82) is 0 Å². The fourth-order valence-electron chi connectivity index (χ4n) is 2.11. The molecule has 1 aromatic rings. The summed E-state index contributed by atoms with van der Waals surface area (Å²) in [6.07, 6.45) is 6.36. The Labute approximate surface area is 77.6 Å². The molecule has 1 spiro atoms. The van der Waals surface area contributed by atoms with E-state index in [1.54, 1.807) is 6.20 Å². The molecule has 68 valence electrons. The highest BCUT2D eigenvalue weighted by Gasteiger charge is 2.52. The molecule has 3 nitrogen and oxygen atoms in total. The zero-order chi connectivity index (χ0) is 8.89. The Morgan fingerprint density at radius 3 is 2.77 bits per heavy atom. The highest BCUT2D eigenvalue weighted by Crippen LogP contribution is 2.54. The summed E-state index contributed by atoms with van der Waals surface area (Å²) in [5.41, 5.74) is 8.49. The van der Waals surface area contributed by atoms with Crippen LogP contribution in [-0.2, 0) is 0 Å². The lowest BCUT2D eigenvalue weighted by atomic mass is 9.96. The van der Waals surface area contributed by atoms with Crippen molar-refractivity contribution in [2.75, 3.05) is 23.7 Å². The molecule has 2 aliphatic rings. The lowest BCUT2D eigenvalue weighted by Crippen LogP contribution is -2.48. The molecule has 0 unspecified atom stereocenters. The maximum atomic E-state index is 5.84. The predicted octanol–water partition coefficient (Wildman–Crippen LogP) is 1.26. The van der Waals surface area contributed by atoms with E-state index in [9.17, 15) is 0 Å². The van der Waals surface area contributed by atoms with Crippen molar-refractivity contribution in [3.63, 3.8) is 0 Å². The summed E-state index contributed by atoms with van der Waals surface area (Å²) in [7, 11) is 0. The molecule has 3 rings (SSSR count). The van der Waals surface area contributed by atoms with E-state index in [1.807, 2.05) is 12.3 Å². The lowest BCUT2D eigenvalue weighted by molar-refractivity contribution is 0.388. The summed E-state index contributed by atoms with van der Waals surface area (Å²) in [6.45, 7) is 2.39. The molecule has 0 radical (unpaired) electrons. The maximum Gasteiger partial charge on any atom is 0.0738 e. The number of nitrogens with zero attached hydrogens (tertiary/aromatic N) is 2. The monoisotopic (exact) mass is 175 g/mol.